The lowest BCUT2D eigenvalue weighted by molar-refractivity contribution is -0.130. The number of carbonyl (C=O) groups is 2. The van der Waals surface area contributed by atoms with Crippen LogP contribution in [0, 0.1) is 5.41 Å². The molecule has 0 aliphatic carbocycles. The highest BCUT2D eigenvalue weighted by Gasteiger charge is 2.52. The van der Waals surface area contributed by atoms with Crippen LogP contribution >= 0.6 is 0 Å². The van der Waals surface area contributed by atoms with E-state index in [2.05, 4.69) is 5.32 Å². The Kier molecular flexibility index (Phi) is 2.69. The third-order valence-corrected chi connectivity index (χ3v) is 3.94. The van der Waals surface area contributed by atoms with E-state index in [9.17, 15) is 9.59 Å². The first-order valence-corrected chi connectivity index (χ1v) is 5.99. The van der Waals surface area contributed by atoms with E-state index < -0.39 is 11.0 Å². The van der Waals surface area contributed by atoms with Crippen molar-refractivity contribution in [3.8, 4) is 0 Å². The largest absolute Gasteiger partial charge is 0.331 e. The van der Waals surface area contributed by atoms with Crippen LogP contribution in [-0.2, 0) is 4.79 Å². The summed E-state index contributed by atoms with van der Waals surface area (Å²) >= 11 is 0. The summed E-state index contributed by atoms with van der Waals surface area (Å²) < 4.78 is 0. The molecule has 0 saturated carbocycles. The van der Waals surface area contributed by atoms with Gasteiger partial charge in [-0.15, -0.1) is 0 Å². The maximum atomic E-state index is 12.5. The van der Waals surface area contributed by atoms with Crippen LogP contribution in [0.2, 0.25) is 0 Å². The SMILES string of the molecule is CC1(C)NC(=O)N(c2ccccc2)C(=O)C1(C)C. The number of para-hydroxylation sites is 1. The number of carbonyl (C=O) groups excluding carboxylic acids is 2. The number of rotatable bonds is 1. The van der Waals surface area contributed by atoms with Crippen LogP contribution in [0.4, 0.5) is 10.5 Å². The molecule has 1 aliphatic heterocycles. The van der Waals surface area contributed by atoms with E-state index in [0.717, 1.165) is 0 Å². The second kappa shape index (κ2) is 3.83. The summed E-state index contributed by atoms with van der Waals surface area (Å²) in [6, 6.07) is 8.61. The third-order valence-electron chi connectivity index (χ3n) is 3.94. The fraction of sp³-hybridized carbons (Fsp3) is 0.429. The van der Waals surface area contributed by atoms with Gasteiger partial charge in [0.25, 0.3) is 0 Å². The van der Waals surface area contributed by atoms with Gasteiger partial charge in [0.2, 0.25) is 5.91 Å². The monoisotopic (exact) mass is 246 g/mol. The third kappa shape index (κ3) is 1.68. The molecule has 3 amide bonds. The molecule has 4 nitrogen and oxygen atoms in total. The lowest BCUT2D eigenvalue weighted by atomic mass is 9.72. The van der Waals surface area contributed by atoms with Crippen molar-refractivity contribution in [2.24, 2.45) is 5.41 Å². The van der Waals surface area contributed by atoms with Crippen molar-refractivity contribution in [1.82, 2.24) is 5.32 Å². The molecule has 1 aromatic rings. The summed E-state index contributed by atoms with van der Waals surface area (Å²) in [6.45, 7) is 7.44. The minimum atomic E-state index is -0.656. The van der Waals surface area contributed by atoms with Crippen molar-refractivity contribution in [3.63, 3.8) is 0 Å². The second-order valence-electron chi connectivity index (χ2n) is 5.66. The first kappa shape index (κ1) is 12.6. The smallest absolute Gasteiger partial charge is 0.329 e. The molecule has 1 saturated heterocycles. The van der Waals surface area contributed by atoms with E-state index in [1.807, 2.05) is 45.9 Å². The number of nitrogens with one attached hydrogen (secondary N) is 1. The van der Waals surface area contributed by atoms with Crippen LogP contribution in [0.3, 0.4) is 0 Å². The molecule has 0 aromatic heterocycles. The Labute approximate surface area is 107 Å². The summed E-state index contributed by atoms with van der Waals surface area (Å²) in [5, 5.41) is 2.89. The van der Waals surface area contributed by atoms with Gasteiger partial charge >= 0.3 is 6.03 Å². The maximum absolute atomic E-state index is 12.5. The van der Waals surface area contributed by atoms with Crippen LogP contribution in [-0.4, -0.2) is 17.5 Å². The Morgan fingerprint density at radius 2 is 1.56 bits per heavy atom. The zero-order valence-corrected chi connectivity index (χ0v) is 11.2. The Morgan fingerprint density at radius 1 is 1.00 bits per heavy atom. The van der Waals surface area contributed by atoms with Gasteiger partial charge in [-0.2, -0.15) is 0 Å². The molecule has 1 aromatic carbocycles. The number of hydrogen-bond donors (Lipinski definition) is 1. The molecule has 4 heteroatoms. The van der Waals surface area contributed by atoms with E-state index in [1.54, 1.807) is 12.1 Å². The minimum absolute atomic E-state index is 0.178. The highest BCUT2D eigenvalue weighted by molar-refractivity contribution is 6.18. The normalized spacial score (nSPS) is 21.7. The number of nitrogens with zero attached hydrogens (tertiary/aromatic N) is 1. The Hall–Kier alpha value is -1.84. The fourth-order valence-corrected chi connectivity index (χ4v) is 1.93. The summed E-state index contributed by atoms with van der Waals surface area (Å²) in [5.41, 5.74) is -0.619. The van der Waals surface area contributed by atoms with Crippen molar-refractivity contribution >= 4 is 17.6 Å². The average Bonchev–Trinajstić information content (AvgIpc) is 2.28. The van der Waals surface area contributed by atoms with E-state index in [-0.39, 0.29) is 11.9 Å². The highest BCUT2D eigenvalue weighted by atomic mass is 16.2. The zero-order chi connectivity index (χ0) is 13.6. The quantitative estimate of drug-likeness (QED) is 0.827. The second-order valence-corrected chi connectivity index (χ2v) is 5.66. The van der Waals surface area contributed by atoms with Gasteiger partial charge in [0, 0.05) is 0 Å². The lowest BCUT2D eigenvalue weighted by Gasteiger charge is -2.48. The van der Waals surface area contributed by atoms with Gasteiger partial charge < -0.3 is 5.32 Å². The lowest BCUT2D eigenvalue weighted by Crippen LogP contribution is -2.69. The number of hydrogen-bond acceptors (Lipinski definition) is 2. The molecule has 96 valence electrons. The molecule has 0 radical (unpaired) electrons. The van der Waals surface area contributed by atoms with Crippen molar-refractivity contribution < 1.29 is 9.59 Å². The molecule has 0 bridgehead atoms. The molecule has 18 heavy (non-hydrogen) atoms. The number of amides is 3. The summed E-state index contributed by atoms with van der Waals surface area (Å²) in [7, 11) is 0. The van der Waals surface area contributed by atoms with Gasteiger partial charge in [-0.05, 0) is 39.8 Å². The van der Waals surface area contributed by atoms with Gasteiger partial charge in [-0.3, -0.25) is 4.79 Å². The van der Waals surface area contributed by atoms with E-state index in [4.69, 9.17) is 0 Å². The molecule has 1 heterocycles. The van der Waals surface area contributed by atoms with Crippen molar-refractivity contribution in [2.75, 3.05) is 4.90 Å². The molecular formula is C14H18N2O2. The Bertz CT molecular complexity index is 492. The van der Waals surface area contributed by atoms with E-state index >= 15 is 0 Å². The molecule has 0 atom stereocenters. The van der Waals surface area contributed by atoms with Gasteiger partial charge in [0.1, 0.15) is 0 Å². The average molecular weight is 246 g/mol. The molecule has 2 rings (SSSR count). The van der Waals surface area contributed by atoms with Crippen LogP contribution in [0.5, 0.6) is 0 Å². The zero-order valence-electron chi connectivity index (χ0n) is 11.2. The van der Waals surface area contributed by atoms with Crippen molar-refractivity contribution in [2.45, 2.75) is 33.2 Å². The van der Waals surface area contributed by atoms with Crippen LogP contribution in [0.15, 0.2) is 30.3 Å². The van der Waals surface area contributed by atoms with Crippen LogP contribution in [0.25, 0.3) is 0 Å². The number of urea groups is 1. The molecule has 0 unspecified atom stereocenters. The topological polar surface area (TPSA) is 49.4 Å². The standard InChI is InChI=1S/C14H18N2O2/c1-13(2)11(17)16(10-8-6-5-7-9-10)12(18)15-14(13,3)4/h5-9H,1-4H3,(H,15,18). The molecular weight excluding hydrogens is 228 g/mol. The van der Waals surface area contributed by atoms with Gasteiger partial charge in [0.05, 0.1) is 16.6 Å². The number of benzene rings is 1. The first-order valence-electron chi connectivity index (χ1n) is 5.99. The van der Waals surface area contributed by atoms with Gasteiger partial charge in [-0.1, -0.05) is 18.2 Å². The number of anilines is 1. The molecule has 1 aliphatic rings. The summed E-state index contributed by atoms with van der Waals surface area (Å²) in [5.74, 6) is -0.178. The van der Waals surface area contributed by atoms with Crippen LogP contribution < -0.4 is 10.2 Å². The van der Waals surface area contributed by atoms with Crippen LogP contribution in [0.1, 0.15) is 27.7 Å². The maximum Gasteiger partial charge on any atom is 0.329 e. The minimum Gasteiger partial charge on any atom is -0.331 e. The summed E-state index contributed by atoms with van der Waals surface area (Å²) in [6.07, 6.45) is 0. The van der Waals surface area contributed by atoms with Crippen molar-refractivity contribution in [3.05, 3.63) is 30.3 Å². The molecule has 1 fully saturated rings. The predicted molar refractivity (Wildman–Crippen MR) is 70.3 cm³/mol. The molecule has 0 spiro atoms. The first-order chi connectivity index (χ1) is 8.27. The van der Waals surface area contributed by atoms with Gasteiger partial charge in [-0.25, -0.2) is 9.69 Å². The number of imide groups is 1. The van der Waals surface area contributed by atoms with Gasteiger partial charge in [0.15, 0.2) is 0 Å². The Morgan fingerprint density at radius 3 is 2.11 bits per heavy atom. The predicted octanol–water partition coefficient (Wildman–Crippen LogP) is 2.55. The fourth-order valence-electron chi connectivity index (χ4n) is 1.93. The highest BCUT2D eigenvalue weighted by Crippen LogP contribution is 2.37. The van der Waals surface area contributed by atoms with Crippen molar-refractivity contribution in [1.29, 1.82) is 0 Å². The Balaban J connectivity index is 2.46. The molecule has 1 N–H and O–H groups in total. The van der Waals surface area contributed by atoms with E-state index in [1.165, 1.54) is 4.90 Å². The van der Waals surface area contributed by atoms with E-state index in [0.29, 0.717) is 5.69 Å². The summed E-state index contributed by atoms with van der Waals surface area (Å²) in [4.78, 5) is 25.9.